The Morgan fingerprint density at radius 2 is 1.87 bits per heavy atom. The van der Waals surface area contributed by atoms with Gasteiger partial charge in [-0.15, -0.1) is 0 Å². The summed E-state index contributed by atoms with van der Waals surface area (Å²) in [6, 6.07) is 15.4. The summed E-state index contributed by atoms with van der Waals surface area (Å²) in [5.41, 5.74) is 3.17. The highest BCUT2D eigenvalue weighted by molar-refractivity contribution is 5.89. The Labute approximate surface area is 135 Å². The van der Waals surface area contributed by atoms with E-state index in [9.17, 15) is 4.39 Å². The van der Waals surface area contributed by atoms with Crippen molar-refractivity contribution in [2.45, 2.75) is 13.5 Å². The number of amidine groups is 1. The molecule has 0 saturated heterocycles. The van der Waals surface area contributed by atoms with Gasteiger partial charge in [0.05, 0.1) is 6.54 Å². The van der Waals surface area contributed by atoms with E-state index in [-0.39, 0.29) is 5.82 Å². The van der Waals surface area contributed by atoms with E-state index in [2.05, 4.69) is 34.3 Å². The Morgan fingerprint density at radius 3 is 2.48 bits per heavy atom. The van der Waals surface area contributed by atoms with E-state index in [4.69, 9.17) is 4.74 Å². The average Bonchev–Trinajstić information content (AvgIpc) is 3.08. The van der Waals surface area contributed by atoms with Gasteiger partial charge in [-0.3, -0.25) is 0 Å². The molecule has 0 amide bonds. The maximum Gasteiger partial charge on any atom is 0.289 e. The molecule has 2 aromatic carbocycles. The summed E-state index contributed by atoms with van der Waals surface area (Å²) in [5, 5.41) is 3.15. The first-order valence-corrected chi connectivity index (χ1v) is 7.78. The Kier molecular flexibility index (Phi) is 4.76. The van der Waals surface area contributed by atoms with Crippen molar-refractivity contribution in [2.24, 2.45) is 4.99 Å². The number of benzene rings is 2. The molecule has 2 aromatic rings. The summed E-state index contributed by atoms with van der Waals surface area (Å²) < 4.78 is 18.4. The zero-order chi connectivity index (χ0) is 16.1. The summed E-state index contributed by atoms with van der Waals surface area (Å²) in [6.45, 7) is 5.08. The lowest BCUT2D eigenvalue weighted by molar-refractivity contribution is 0.346. The lowest BCUT2D eigenvalue weighted by Crippen LogP contribution is -2.21. The van der Waals surface area contributed by atoms with Crippen LogP contribution in [0.3, 0.4) is 0 Å². The largest absolute Gasteiger partial charge is 0.463 e. The average molecular weight is 313 g/mol. The minimum atomic E-state index is -0.211. The number of anilines is 2. The predicted octanol–water partition coefficient (Wildman–Crippen LogP) is 3.65. The van der Waals surface area contributed by atoms with Crippen molar-refractivity contribution < 1.29 is 9.13 Å². The number of nitrogens with one attached hydrogen (secondary N) is 1. The molecule has 0 fully saturated rings. The number of hydrogen-bond acceptors (Lipinski definition) is 4. The molecule has 3 rings (SSSR count). The molecule has 0 radical (unpaired) electrons. The molecule has 1 aliphatic heterocycles. The van der Waals surface area contributed by atoms with Crippen LogP contribution in [0.25, 0.3) is 0 Å². The van der Waals surface area contributed by atoms with Crippen LogP contribution in [0.4, 0.5) is 15.8 Å². The quantitative estimate of drug-likeness (QED) is 0.915. The third-order valence-corrected chi connectivity index (χ3v) is 3.74. The van der Waals surface area contributed by atoms with Crippen LogP contribution in [0.2, 0.25) is 0 Å². The zero-order valence-electron chi connectivity index (χ0n) is 13.1. The normalized spacial score (nSPS) is 13.4. The van der Waals surface area contributed by atoms with Gasteiger partial charge in [0.2, 0.25) is 0 Å². The van der Waals surface area contributed by atoms with Crippen LogP contribution in [0, 0.1) is 5.82 Å². The first-order chi connectivity index (χ1) is 11.2. The summed E-state index contributed by atoms with van der Waals surface area (Å²) in [5.74, 6) is -0.211. The van der Waals surface area contributed by atoms with Crippen LogP contribution < -0.4 is 10.2 Å². The molecule has 1 N–H and O–H groups in total. The van der Waals surface area contributed by atoms with Crippen molar-refractivity contribution in [3.05, 3.63) is 59.9 Å². The zero-order valence-corrected chi connectivity index (χ0v) is 13.1. The third kappa shape index (κ3) is 4.00. The Hall–Kier alpha value is -2.56. The molecule has 5 heteroatoms. The monoisotopic (exact) mass is 313 g/mol. The van der Waals surface area contributed by atoms with E-state index in [0.717, 1.165) is 24.5 Å². The maximum atomic E-state index is 13.0. The molecule has 120 valence electrons. The van der Waals surface area contributed by atoms with Gasteiger partial charge in [-0.05, 0) is 48.9 Å². The van der Waals surface area contributed by atoms with Gasteiger partial charge in [0, 0.05) is 24.5 Å². The van der Waals surface area contributed by atoms with Gasteiger partial charge in [-0.25, -0.2) is 9.38 Å². The van der Waals surface area contributed by atoms with Crippen molar-refractivity contribution in [3.8, 4) is 0 Å². The number of rotatable bonds is 5. The van der Waals surface area contributed by atoms with Crippen molar-refractivity contribution in [3.63, 3.8) is 0 Å². The van der Waals surface area contributed by atoms with Crippen LogP contribution in [-0.2, 0) is 11.3 Å². The number of nitrogens with zero attached hydrogens (tertiary/aromatic N) is 2. The highest BCUT2D eigenvalue weighted by Gasteiger charge is 2.08. The first kappa shape index (κ1) is 15.3. The highest BCUT2D eigenvalue weighted by atomic mass is 19.1. The summed E-state index contributed by atoms with van der Waals surface area (Å²) in [7, 11) is 0. The van der Waals surface area contributed by atoms with Crippen LogP contribution in [0.5, 0.6) is 0 Å². The fourth-order valence-electron chi connectivity index (χ4n) is 2.49. The molecule has 4 nitrogen and oxygen atoms in total. The van der Waals surface area contributed by atoms with Gasteiger partial charge in [0.25, 0.3) is 6.02 Å². The van der Waals surface area contributed by atoms with Gasteiger partial charge in [-0.2, -0.15) is 0 Å². The molecule has 0 aromatic heterocycles. The number of ether oxygens (including phenoxy) is 1. The molecule has 0 unspecified atom stereocenters. The highest BCUT2D eigenvalue weighted by Crippen LogP contribution is 2.19. The van der Waals surface area contributed by atoms with E-state index < -0.39 is 0 Å². The lowest BCUT2D eigenvalue weighted by Gasteiger charge is -2.23. The van der Waals surface area contributed by atoms with Crippen LogP contribution in [0.15, 0.2) is 53.5 Å². The fourth-order valence-corrected chi connectivity index (χ4v) is 2.49. The molecule has 0 bridgehead atoms. The summed E-state index contributed by atoms with van der Waals surface area (Å²) in [6.07, 6.45) is 0. The molecule has 0 spiro atoms. The Morgan fingerprint density at radius 1 is 1.13 bits per heavy atom. The molecule has 0 atom stereocenters. The van der Waals surface area contributed by atoms with E-state index in [1.807, 2.05) is 24.3 Å². The Balaban J connectivity index is 1.65. The molecule has 1 aliphatic rings. The molecular weight excluding hydrogens is 293 g/mol. The molecule has 23 heavy (non-hydrogen) atoms. The molecular formula is C18H20FN3O. The van der Waals surface area contributed by atoms with E-state index >= 15 is 0 Å². The molecule has 0 aliphatic carbocycles. The Bertz CT molecular complexity index is 668. The van der Waals surface area contributed by atoms with E-state index in [1.165, 1.54) is 17.7 Å². The molecule has 1 heterocycles. The fraction of sp³-hybridized carbons (Fsp3) is 0.278. The minimum absolute atomic E-state index is 0.211. The number of aliphatic imine (C=N–C) groups is 1. The van der Waals surface area contributed by atoms with Gasteiger partial charge in [0.15, 0.2) is 0 Å². The predicted molar refractivity (Wildman–Crippen MR) is 91.4 cm³/mol. The number of halogens is 1. The second kappa shape index (κ2) is 7.13. The van der Waals surface area contributed by atoms with Crippen LogP contribution in [0.1, 0.15) is 12.5 Å². The van der Waals surface area contributed by atoms with E-state index in [0.29, 0.717) is 19.2 Å². The lowest BCUT2D eigenvalue weighted by atomic mass is 10.1. The smallest absolute Gasteiger partial charge is 0.289 e. The minimum Gasteiger partial charge on any atom is -0.463 e. The van der Waals surface area contributed by atoms with Crippen LogP contribution >= 0.6 is 0 Å². The SMILES string of the molecule is CCN(Cc1ccc(NC2=NCCO2)cc1)c1ccc(F)cc1. The van der Waals surface area contributed by atoms with E-state index in [1.54, 1.807) is 0 Å². The maximum absolute atomic E-state index is 13.0. The van der Waals surface area contributed by atoms with Gasteiger partial charge >= 0.3 is 0 Å². The van der Waals surface area contributed by atoms with Crippen molar-refractivity contribution in [2.75, 3.05) is 29.9 Å². The molecule has 0 saturated carbocycles. The standard InChI is InChI=1S/C18H20FN3O/c1-2-22(17-9-5-15(19)6-10-17)13-14-3-7-16(8-4-14)21-18-20-11-12-23-18/h3-10H,2,11-13H2,1H3,(H,20,21). The number of hydrogen-bond donors (Lipinski definition) is 1. The first-order valence-electron chi connectivity index (χ1n) is 7.78. The van der Waals surface area contributed by atoms with Crippen molar-refractivity contribution >= 4 is 17.4 Å². The van der Waals surface area contributed by atoms with Crippen LogP contribution in [-0.4, -0.2) is 25.7 Å². The van der Waals surface area contributed by atoms with Gasteiger partial charge < -0.3 is 15.0 Å². The second-order valence-electron chi connectivity index (χ2n) is 5.35. The van der Waals surface area contributed by atoms with Gasteiger partial charge in [0.1, 0.15) is 12.4 Å². The second-order valence-corrected chi connectivity index (χ2v) is 5.35. The summed E-state index contributed by atoms with van der Waals surface area (Å²) >= 11 is 0. The van der Waals surface area contributed by atoms with Gasteiger partial charge in [-0.1, -0.05) is 12.1 Å². The third-order valence-electron chi connectivity index (χ3n) is 3.74. The van der Waals surface area contributed by atoms with Crippen molar-refractivity contribution in [1.29, 1.82) is 0 Å². The topological polar surface area (TPSA) is 36.9 Å². The summed E-state index contributed by atoms with van der Waals surface area (Å²) in [4.78, 5) is 6.41. The van der Waals surface area contributed by atoms with Crippen molar-refractivity contribution in [1.82, 2.24) is 0 Å².